The summed E-state index contributed by atoms with van der Waals surface area (Å²) in [6.07, 6.45) is 9.05. The van der Waals surface area contributed by atoms with E-state index in [-0.39, 0.29) is 11.9 Å². The van der Waals surface area contributed by atoms with Gasteiger partial charge in [0.2, 0.25) is 0 Å². The minimum absolute atomic E-state index is 0.219. The minimum Gasteiger partial charge on any atom is -0.496 e. The van der Waals surface area contributed by atoms with Gasteiger partial charge in [-0.05, 0) is 55.4 Å². The van der Waals surface area contributed by atoms with Crippen LogP contribution in [0.2, 0.25) is 0 Å². The number of hydrogen-bond donors (Lipinski definition) is 2. The topological polar surface area (TPSA) is 33.3 Å². The van der Waals surface area contributed by atoms with Crippen LogP contribution >= 0.6 is 0 Å². The van der Waals surface area contributed by atoms with Gasteiger partial charge in [-0.1, -0.05) is 49.6 Å². The predicted molar refractivity (Wildman–Crippen MR) is 115 cm³/mol. The summed E-state index contributed by atoms with van der Waals surface area (Å²) < 4.78 is 19.2. The molecular formula is C25H33FN2O. The quantitative estimate of drug-likeness (QED) is 0.713. The average molecular weight is 397 g/mol. The second kappa shape index (κ2) is 9.73. The molecule has 2 N–H and O–H groups in total. The van der Waals surface area contributed by atoms with Crippen molar-refractivity contribution in [3.8, 4) is 5.75 Å². The Hall–Kier alpha value is -1.91. The van der Waals surface area contributed by atoms with E-state index in [1.807, 2.05) is 0 Å². The van der Waals surface area contributed by atoms with Crippen LogP contribution in [0.4, 0.5) is 4.39 Å². The number of hydrogen-bond acceptors (Lipinski definition) is 3. The fourth-order valence-electron chi connectivity index (χ4n) is 5.19. The maximum absolute atomic E-state index is 13.8. The maximum atomic E-state index is 13.8. The minimum atomic E-state index is -0.219. The van der Waals surface area contributed by atoms with Crippen LogP contribution < -0.4 is 15.4 Å². The van der Waals surface area contributed by atoms with Crippen molar-refractivity contribution < 1.29 is 9.13 Å². The SMILES string of the molecule is COc1ccc(F)cc1CNC1CCC2CCCCCC2NC1c1ccccc1. The van der Waals surface area contributed by atoms with Crippen molar-refractivity contribution in [2.24, 2.45) is 5.92 Å². The Morgan fingerprint density at radius 2 is 1.83 bits per heavy atom. The van der Waals surface area contributed by atoms with E-state index in [2.05, 4.69) is 41.0 Å². The molecule has 4 rings (SSSR count). The summed E-state index contributed by atoms with van der Waals surface area (Å²) in [5.41, 5.74) is 2.21. The first-order valence-electron chi connectivity index (χ1n) is 11.1. The van der Waals surface area contributed by atoms with Crippen LogP contribution in [0.15, 0.2) is 48.5 Å². The lowest BCUT2D eigenvalue weighted by Gasteiger charge is -2.31. The van der Waals surface area contributed by atoms with Gasteiger partial charge >= 0.3 is 0 Å². The van der Waals surface area contributed by atoms with Crippen LogP contribution in [-0.4, -0.2) is 19.2 Å². The van der Waals surface area contributed by atoms with Crippen molar-refractivity contribution in [1.29, 1.82) is 0 Å². The lowest BCUT2D eigenvalue weighted by Crippen LogP contribution is -2.44. The Morgan fingerprint density at radius 3 is 2.66 bits per heavy atom. The summed E-state index contributed by atoms with van der Waals surface area (Å²) in [6, 6.07) is 16.7. The van der Waals surface area contributed by atoms with Crippen LogP contribution in [0.1, 0.15) is 62.1 Å². The van der Waals surface area contributed by atoms with Gasteiger partial charge in [0.1, 0.15) is 11.6 Å². The monoisotopic (exact) mass is 396 g/mol. The van der Waals surface area contributed by atoms with Crippen molar-refractivity contribution in [3.05, 3.63) is 65.5 Å². The Labute approximate surface area is 174 Å². The third-order valence-corrected chi connectivity index (χ3v) is 6.76. The second-order valence-corrected chi connectivity index (χ2v) is 8.58. The Balaban J connectivity index is 1.55. The van der Waals surface area contributed by atoms with Crippen LogP contribution in [-0.2, 0) is 6.54 Å². The average Bonchev–Trinajstić information content (AvgIpc) is 3.07. The lowest BCUT2D eigenvalue weighted by molar-refractivity contribution is 0.314. The highest BCUT2D eigenvalue weighted by atomic mass is 19.1. The van der Waals surface area contributed by atoms with E-state index in [0.29, 0.717) is 18.6 Å². The lowest BCUT2D eigenvalue weighted by atomic mass is 9.90. The number of fused-ring (bicyclic) bond motifs is 1. The molecule has 2 fully saturated rings. The van der Waals surface area contributed by atoms with E-state index >= 15 is 0 Å². The molecule has 1 aliphatic heterocycles. The number of benzene rings is 2. The highest BCUT2D eigenvalue weighted by molar-refractivity contribution is 5.34. The van der Waals surface area contributed by atoms with Crippen LogP contribution in [0.25, 0.3) is 0 Å². The third-order valence-electron chi connectivity index (χ3n) is 6.76. The molecule has 0 amide bonds. The number of nitrogens with one attached hydrogen (secondary N) is 2. The van der Waals surface area contributed by atoms with Crippen molar-refractivity contribution in [1.82, 2.24) is 10.6 Å². The number of methoxy groups -OCH3 is 1. The molecule has 4 unspecified atom stereocenters. The van der Waals surface area contributed by atoms with Crippen molar-refractivity contribution in [2.75, 3.05) is 7.11 Å². The third kappa shape index (κ3) is 4.99. The summed E-state index contributed by atoms with van der Waals surface area (Å²) in [7, 11) is 1.64. The van der Waals surface area contributed by atoms with E-state index < -0.39 is 0 Å². The predicted octanol–water partition coefficient (Wildman–Crippen LogP) is 5.37. The van der Waals surface area contributed by atoms with Gasteiger partial charge in [0.15, 0.2) is 0 Å². The highest BCUT2D eigenvalue weighted by Crippen LogP contribution is 2.35. The molecule has 2 aromatic carbocycles. The summed E-state index contributed by atoms with van der Waals surface area (Å²) in [5, 5.41) is 7.78. The first-order valence-corrected chi connectivity index (χ1v) is 11.1. The Morgan fingerprint density at radius 1 is 1.00 bits per heavy atom. The number of rotatable bonds is 5. The summed E-state index contributed by atoms with van der Waals surface area (Å²) in [5.74, 6) is 1.28. The zero-order valence-electron chi connectivity index (χ0n) is 17.4. The summed E-state index contributed by atoms with van der Waals surface area (Å²) in [4.78, 5) is 0. The molecule has 3 nitrogen and oxygen atoms in total. The van der Waals surface area contributed by atoms with Gasteiger partial charge in [-0.25, -0.2) is 4.39 Å². The van der Waals surface area contributed by atoms with Gasteiger partial charge in [0.25, 0.3) is 0 Å². The highest BCUT2D eigenvalue weighted by Gasteiger charge is 2.34. The van der Waals surface area contributed by atoms with Crippen LogP contribution in [0, 0.1) is 11.7 Å². The smallest absolute Gasteiger partial charge is 0.123 e. The van der Waals surface area contributed by atoms with Crippen LogP contribution in [0.5, 0.6) is 5.75 Å². The standard InChI is InChI=1S/C25H33FN2O/c1-29-24-15-13-21(26)16-20(24)17-27-23-14-12-18-8-4-3-7-11-22(18)28-25(23)19-9-5-2-6-10-19/h2,5-6,9-10,13,15-16,18,22-23,25,27-28H,3-4,7-8,11-12,14,17H2,1H3. The first kappa shape index (κ1) is 20.4. The van der Waals surface area contributed by atoms with Crippen molar-refractivity contribution in [2.45, 2.75) is 69.6 Å². The molecule has 0 aromatic heterocycles. The van der Waals surface area contributed by atoms with Crippen molar-refractivity contribution in [3.63, 3.8) is 0 Å². The molecule has 4 heteroatoms. The molecule has 1 aliphatic carbocycles. The molecular weight excluding hydrogens is 363 g/mol. The molecule has 156 valence electrons. The normalized spacial score (nSPS) is 27.5. The van der Waals surface area contributed by atoms with Gasteiger partial charge in [-0.3, -0.25) is 0 Å². The molecule has 1 heterocycles. The maximum Gasteiger partial charge on any atom is 0.123 e. The molecule has 2 aromatic rings. The number of ether oxygens (including phenoxy) is 1. The largest absolute Gasteiger partial charge is 0.496 e. The van der Waals surface area contributed by atoms with Gasteiger partial charge in [-0.2, -0.15) is 0 Å². The first-order chi connectivity index (χ1) is 14.2. The molecule has 0 bridgehead atoms. The van der Waals surface area contributed by atoms with E-state index in [9.17, 15) is 4.39 Å². The molecule has 1 saturated carbocycles. The Bertz CT molecular complexity index is 782. The number of halogens is 1. The van der Waals surface area contributed by atoms with E-state index in [1.54, 1.807) is 19.2 Å². The van der Waals surface area contributed by atoms with Crippen LogP contribution in [0.3, 0.4) is 0 Å². The fraction of sp³-hybridized carbons (Fsp3) is 0.520. The molecule has 4 atom stereocenters. The fourth-order valence-corrected chi connectivity index (χ4v) is 5.19. The summed E-state index contributed by atoms with van der Waals surface area (Å²) >= 11 is 0. The molecule has 2 aliphatic rings. The summed E-state index contributed by atoms with van der Waals surface area (Å²) in [6.45, 7) is 0.603. The molecule has 29 heavy (non-hydrogen) atoms. The second-order valence-electron chi connectivity index (χ2n) is 8.58. The van der Waals surface area contributed by atoms with Gasteiger partial charge in [-0.15, -0.1) is 0 Å². The van der Waals surface area contributed by atoms with Crippen molar-refractivity contribution >= 4 is 0 Å². The zero-order valence-corrected chi connectivity index (χ0v) is 17.4. The van der Waals surface area contributed by atoms with Gasteiger partial charge in [0, 0.05) is 30.2 Å². The zero-order chi connectivity index (χ0) is 20.1. The van der Waals surface area contributed by atoms with Gasteiger partial charge in [0.05, 0.1) is 7.11 Å². The van der Waals surface area contributed by atoms with Gasteiger partial charge < -0.3 is 15.4 Å². The molecule has 1 saturated heterocycles. The Kier molecular flexibility index (Phi) is 6.83. The molecule has 0 radical (unpaired) electrons. The molecule has 0 spiro atoms. The van der Waals surface area contributed by atoms with E-state index in [1.165, 1.54) is 50.2 Å². The van der Waals surface area contributed by atoms with E-state index in [4.69, 9.17) is 4.74 Å². The van der Waals surface area contributed by atoms with E-state index in [0.717, 1.165) is 23.7 Å².